The molecule has 1 heterocycles. The Morgan fingerprint density at radius 2 is 2.10 bits per heavy atom. The second-order valence-corrected chi connectivity index (χ2v) is 5.05. The second-order valence-electron chi connectivity index (χ2n) is 5.05. The molecule has 1 N–H and O–H groups in total. The molecule has 0 fully saturated rings. The van der Waals surface area contributed by atoms with Crippen molar-refractivity contribution in [3.63, 3.8) is 0 Å². The van der Waals surface area contributed by atoms with Crippen molar-refractivity contribution < 1.29 is 9.45 Å². The van der Waals surface area contributed by atoms with Crippen molar-refractivity contribution >= 4 is 5.69 Å². The summed E-state index contributed by atoms with van der Waals surface area (Å²) in [5, 5.41) is 17.8. The molecule has 0 aliphatic rings. The van der Waals surface area contributed by atoms with Gasteiger partial charge in [0.15, 0.2) is 0 Å². The zero-order valence-corrected chi connectivity index (χ0v) is 11.8. The third-order valence-electron chi connectivity index (χ3n) is 3.26. The van der Waals surface area contributed by atoms with Gasteiger partial charge < -0.3 is 9.84 Å². The van der Waals surface area contributed by atoms with Gasteiger partial charge in [0.25, 0.3) is 5.69 Å². The van der Waals surface area contributed by atoms with E-state index >= 15 is 0 Å². The summed E-state index contributed by atoms with van der Waals surface area (Å²) in [6, 6.07) is 4.58. The highest BCUT2D eigenvalue weighted by atomic mass is 16.6. The maximum Gasteiger partial charge on any atom is 0.270 e. The van der Waals surface area contributed by atoms with Crippen molar-refractivity contribution in [3.05, 3.63) is 39.8 Å². The van der Waals surface area contributed by atoms with Crippen LogP contribution in [-0.4, -0.2) is 22.1 Å². The molecule has 0 saturated heterocycles. The lowest BCUT2D eigenvalue weighted by Crippen LogP contribution is -2.33. The van der Waals surface area contributed by atoms with Crippen molar-refractivity contribution in [3.8, 4) is 11.4 Å². The Morgan fingerprint density at radius 1 is 1.40 bits per heavy atom. The van der Waals surface area contributed by atoms with Gasteiger partial charge in [0.2, 0.25) is 11.7 Å². The van der Waals surface area contributed by atoms with E-state index in [0.717, 1.165) is 5.56 Å². The zero-order chi connectivity index (χ0) is 14.9. The topological polar surface area (TPSA) is 94.1 Å². The fourth-order valence-corrected chi connectivity index (χ4v) is 1.66. The first-order valence-electron chi connectivity index (χ1n) is 6.13. The van der Waals surface area contributed by atoms with Gasteiger partial charge in [-0.3, -0.25) is 10.1 Å². The standard InChI is InChI=1S/C13H16N4O3/c1-8-5-6-9(17(18)19)7-10(8)11-15-12(20-16-11)13(2,3)14-4/h5-7,14H,1-4H3. The fourth-order valence-electron chi connectivity index (χ4n) is 1.66. The number of benzene rings is 1. The molecule has 0 aliphatic carbocycles. The molecule has 7 nitrogen and oxygen atoms in total. The molecule has 1 aromatic carbocycles. The summed E-state index contributed by atoms with van der Waals surface area (Å²) in [7, 11) is 1.79. The van der Waals surface area contributed by atoms with E-state index in [1.165, 1.54) is 12.1 Å². The molecule has 7 heteroatoms. The third-order valence-corrected chi connectivity index (χ3v) is 3.26. The number of aromatic nitrogens is 2. The number of nitrogens with one attached hydrogen (secondary N) is 1. The van der Waals surface area contributed by atoms with Crippen molar-refractivity contribution in [1.82, 2.24) is 15.5 Å². The molecule has 0 aliphatic heterocycles. The normalized spacial score (nSPS) is 11.6. The molecule has 0 unspecified atom stereocenters. The second kappa shape index (κ2) is 5.01. The first-order chi connectivity index (χ1) is 9.35. The number of aryl methyl sites for hydroxylation is 1. The molecule has 0 amide bonds. The highest BCUT2D eigenvalue weighted by Gasteiger charge is 2.26. The van der Waals surface area contributed by atoms with Crippen LogP contribution in [0.4, 0.5) is 5.69 Å². The van der Waals surface area contributed by atoms with Gasteiger partial charge in [0.1, 0.15) is 0 Å². The van der Waals surface area contributed by atoms with E-state index in [4.69, 9.17) is 4.52 Å². The molecule has 2 rings (SSSR count). The van der Waals surface area contributed by atoms with E-state index in [0.29, 0.717) is 17.3 Å². The number of hydrogen-bond donors (Lipinski definition) is 1. The predicted octanol–water partition coefficient (Wildman–Crippen LogP) is 2.41. The Bertz CT molecular complexity index is 649. The summed E-state index contributed by atoms with van der Waals surface area (Å²) in [5.74, 6) is 0.783. The molecular formula is C13H16N4O3. The van der Waals surface area contributed by atoms with Crippen LogP contribution in [0.5, 0.6) is 0 Å². The maximum atomic E-state index is 10.8. The van der Waals surface area contributed by atoms with Crippen molar-refractivity contribution in [2.75, 3.05) is 7.05 Å². The molecular weight excluding hydrogens is 260 g/mol. The zero-order valence-electron chi connectivity index (χ0n) is 11.8. The van der Waals surface area contributed by atoms with Crippen LogP contribution in [0.2, 0.25) is 0 Å². The van der Waals surface area contributed by atoms with Crippen molar-refractivity contribution in [2.24, 2.45) is 0 Å². The van der Waals surface area contributed by atoms with Gasteiger partial charge in [-0.15, -0.1) is 0 Å². The van der Waals surface area contributed by atoms with Gasteiger partial charge in [-0.05, 0) is 33.4 Å². The summed E-state index contributed by atoms with van der Waals surface area (Å²) >= 11 is 0. The Balaban J connectivity index is 2.47. The molecule has 2 aromatic rings. The maximum absolute atomic E-state index is 10.8. The lowest BCUT2D eigenvalue weighted by Gasteiger charge is -2.17. The van der Waals surface area contributed by atoms with Crippen molar-refractivity contribution in [1.29, 1.82) is 0 Å². The minimum absolute atomic E-state index is 0.00447. The molecule has 0 spiro atoms. The first-order valence-corrected chi connectivity index (χ1v) is 6.13. The molecule has 0 atom stereocenters. The van der Waals surface area contributed by atoms with E-state index in [1.54, 1.807) is 13.1 Å². The molecule has 0 bridgehead atoms. The summed E-state index contributed by atoms with van der Waals surface area (Å²) in [6.45, 7) is 5.66. The highest BCUT2D eigenvalue weighted by molar-refractivity contribution is 5.63. The highest BCUT2D eigenvalue weighted by Crippen LogP contribution is 2.27. The Hall–Kier alpha value is -2.28. The van der Waals surface area contributed by atoms with Crippen LogP contribution in [0.25, 0.3) is 11.4 Å². The van der Waals surface area contributed by atoms with Crippen LogP contribution >= 0.6 is 0 Å². The Morgan fingerprint density at radius 3 is 2.70 bits per heavy atom. The Kier molecular flexibility index (Phi) is 3.54. The summed E-state index contributed by atoms with van der Waals surface area (Å²) in [5.41, 5.74) is 0.996. The smallest absolute Gasteiger partial charge is 0.270 e. The van der Waals surface area contributed by atoms with Crippen LogP contribution in [0.15, 0.2) is 22.7 Å². The quantitative estimate of drug-likeness (QED) is 0.680. The Labute approximate surface area is 116 Å². The number of non-ortho nitro benzene ring substituents is 1. The predicted molar refractivity (Wildman–Crippen MR) is 73.2 cm³/mol. The van der Waals surface area contributed by atoms with E-state index in [1.807, 2.05) is 20.8 Å². The van der Waals surface area contributed by atoms with Crippen LogP contribution in [-0.2, 0) is 5.54 Å². The van der Waals surface area contributed by atoms with Crippen LogP contribution < -0.4 is 5.32 Å². The van der Waals surface area contributed by atoms with Gasteiger partial charge in [-0.1, -0.05) is 11.2 Å². The van der Waals surface area contributed by atoms with Crippen molar-refractivity contribution in [2.45, 2.75) is 26.3 Å². The fraction of sp³-hybridized carbons (Fsp3) is 0.385. The molecule has 0 saturated carbocycles. The average molecular weight is 276 g/mol. The summed E-state index contributed by atoms with van der Waals surface area (Å²) in [4.78, 5) is 14.7. The largest absolute Gasteiger partial charge is 0.337 e. The van der Waals surface area contributed by atoms with Crippen LogP contribution in [0, 0.1) is 17.0 Å². The van der Waals surface area contributed by atoms with Gasteiger partial charge in [-0.25, -0.2) is 0 Å². The van der Waals surface area contributed by atoms with Gasteiger partial charge in [0.05, 0.1) is 10.5 Å². The number of hydrogen-bond acceptors (Lipinski definition) is 6. The lowest BCUT2D eigenvalue weighted by atomic mass is 10.1. The molecule has 1 aromatic heterocycles. The van der Waals surface area contributed by atoms with Crippen LogP contribution in [0.1, 0.15) is 25.3 Å². The first kappa shape index (κ1) is 14.1. The number of nitrogens with zero attached hydrogens (tertiary/aromatic N) is 3. The lowest BCUT2D eigenvalue weighted by molar-refractivity contribution is -0.384. The SMILES string of the molecule is CNC(C)(C)c1nc(-c2cc([N+](=O)[O-])ccc2C)no1. The minimum atomic E-state index is -0.458. The van der Waals surface area contributed by atoms with Crippen LogP contribution in [0.3, 0.4) is 0 Å². The minimum Gasteiger partial charge on any atom is -0.337 e. The molecule has 0 radical (unpaired) electrons. The van der Waals surface area contributed by atoms with Gasteiger partial charge >= 0.3 is 0 Å². The molecule has 20 heavy (non-hydrogen) atoms. The van der Waals surface area contributed by atoms with E-state index in [2.05, 4.69) is 15.5 Å². The number of nitro benzene ring substituents is 1. The summed E-state index contributed by atoms with van der Waals surface area (Å²) < 4.78 is 5.24. The number of rotatable bonds is 4. The number of nitro groups is 1. The van der Waals surface area contributed by atoms with Gasteiger partial charge in [-0.2, -0.15) is 4.98 Å². The monoisotopic (exact) mass is 276 g/mol. The van der Waals surface area contributed by atoms with E-state index in [9.17, 15) is 10.1 Å². The average Bonchev–Trinajstić information content (AvgIpc) is 2.89. The van der Waals surface area contributed by atoms with E-state index < -0.39 is 10.5 Å². The van der Waals surface area contributed by atoms with Gasteiger partial charge in [0, 0.05) is 17.7 Å². The summed E-state index contributed by atoms with van der Waals surface area (Å²) in [6.07, 6.45) is 0. The molecule has 106 valence electrons. The third kappa shape index (κ3) is 2.53. The van der Waals surface area contributed by atoms with E-state index in [-0.39, 0.29) is 5.69 Å².